The number of amides is 1. The molecule has 2 rings (SSSR count). The van der Waals surface area contributed by atoms with Gasteiger partial charge in [0.2, 0.25) is 5.91 Å². The van der Waals surface area contributed by atoms with Gasteiger partial charge in [0, 0.05) is 26.1 Å². The van der Waals surface area contributed by atoms with Crippen LogP contribution in [0.15, 0.2) is 24.3 Å². The van der Waals surface area contributed by atoms with Crippen LogP contribution in [-0.4, -0.2) is 30.1 Å². The lowest BCUT2D eigenvalue weighted by molar-refractivity contribution is -0.132. The Balaban J connectivity index is 1.88. The Morgan fingerprint density at radius 1 is 1.30 bits per heavy atom. The van der Waals surface area contributed by atoms with Gasteiger partial charge >= 0.3 is 0 Å². The summed E-state index contributed by atoms with van der Waals surface area (Å²) in [6.45, 7) is 4.32. The number of carbonyl (C=O) groups excluding carboxylic acids is 1. The molecule has 1 unspecified atom stereocenters. The molecule has 128 valence electrons. The van der Waals surface area contributed by atoms with Gasteiger partial charge in [0.25, 0.3) is 0 Å². The Hall–Kier alpha value is -1.42. The zero-order chi connectivity index (χ0) is 16.5. The van der Waals surface area contributed by atoms with E-state index in [1.54, 1.807) is 12.1 Å². The molecule has 0 radical (unpaired) electrons. The summed E-state index contributed by atoms with van der Waals surface area (Å²) in [5.74, 6) is -0.0584. The predicted molar refractivity (Wildman–Crippen MR) is 89.6 cm³/mol. The van der Waals surface area contributed by atoms with E-state index < -0.39 is 0 Å². The fourth-order valence-electron chi connectivity index (χ4n) is 2.97. The van der Waals surface area contributed by atoms with E-state index in [1.807, 2.05) is 4.90 Å². The molecular weight excluding hydrogens is 293 g/mol. The number of rotatable bonds is 9. The minimum atomic E-state index is -0.240. The third-order valence-corrected chi connectivity index (χ3v) is 4.38. The number of ether oxygens (including phenoxy) is 1. The summed E-state index contributed by atoms with van der Waals surface area (Å²) in [7, 11) is 0. The first-order valence-corrected chi connectivity index (χ1v) is 8.83. The molecule has 1 heterocycles. The van der Waals surface area contributed by atoms with Gasteiger partial charge in [0.1, 0.15) is 5.82 Å². The molecule has 0 aromatic heterocycles. The Kier molecular flexibility index (Phi) is 7.53. The highest BCUT2D eigenvalue weighted by Gasteiger charge is 2.19. The lowest BCUT2D eigenvalue weighted by Crippen LogP contribution is -2.32. The van der Waals surface area contributed by atoms with Crippen molar-refractivity contribution >= 4 is 5.91 Å². The van der Waals surface area contributed by atoms with Gasteiger partial charge in [-0.2, -0.15) is 0 Å². The second-order valence-electron chi connectivity index (χ2n) is 6.32. The van der Waals surface area contributed by atoms with Crippen molar-refractivity contribution in [1.82, 2.24) is 4.90 Å². The summed E-state index contributed by atoms with van der Waals surface area (Å²) in [5.41, 5.74) is 0.980. The Morgan fingerprint density at radius 2 is 2.09 bits per heavy atom. The van der Waals surface area contributed by atoms with Crippen LogP contribution in [0.5, 0.6) is 0 Å². The minimum absolute atomic E-state index is 0.181. The van der Waals surface area contributed by atoms with Crippen LogP contribution in [0.1, 0.15) is 57.4 Å². The van der Waals surface area contributed by atoms with Gasteiger partial charge in [-0.25, -0.2) is 4.39 Å². The van der Waals surface area contributed by atoms with Gasteiger partial charge in [0.15, 0.2) is 0 Å². The van der Waals surface area contributed by atoms with Crippen molar-refractivity contribution in [3.05, 3.63) is 35.6 Å². The maximum atomic E-state index is 13.0. The normalized spacial score (nSPS) is 17.4. The van der Waals surface area contributed by atoms with E-state index in [9.17, 15) is 9.18 Å². The number of benzene rings is 1. The van der Waals surface area contributed by atoms with E-state index in [2.05, 4.69) is 6.92 Å². The highest BCUT2D eigenvalue weighted by atomic mass is 19.1. The van der Waals surface area contributed by atoms with Crippen molar-refractivity contribution in [3.63, 3.8) is 0 Å². The van der Waals surface area contributed by atoms with E-state index in [4.69, 9.17) is 4.74 Å². The van der Waals surface area contributed by atoms with Crippen LogP contribution >= 0.6 is 0 Å². The highest BCUT2D eigenvalue weighted by molar-refractivity contribution is 5.76. The number of carbonyl (C=O) groups is 1. The topological polar surface area (TPSA) is 29.5 Å². The molecule has 0 aliphatic carbocycles. The summed E-state index contributed by atoms with van der Waals surface area (Å²) < 4.78 is 18.6. The standard InChI is InChI=1S/C19H28FNO2/c1-2-3-4-13-21(15-16-7-9-17(20)10-8-16)19(22)12-11-18-6-5-14-23-18/h7-10,18H,2-6,11-15H2,1H3. The summed E-state index contributed by atoms with van der Waals surface area (Å²) in [4.78, 5) is 14.5. The van der Waals surface area contributed by atoms with Crippen molar-refractivity contribution in [1.29, 1.82) is 0 Å². The molecule has 1 atom stereocenters. The SMILES string of the molecule is CCCCCN(Cc1ccc(F)cc1)C(=O)CCC1CCCO1. The molecule has 1 aromatic carbocycles. The smallest absolute Gasteiger partial charge is 0.222 e. The van der Waals surface area contributed by atoms with Crippen molar-refractivity contribution in [2.75, 3.05) is 13.2 Å². The third-order valence-electron chi connectivity index (χ3n) is 4.38. The molecule has 23 heavy (non-hydrogen) atoms. The largest absolute Gasteiger partial charge is 0.378 e. The molecule has 1 saturated heterocycles. The minimum Gasteiger partial charge on any atom is -0.378 e. The molecular formula is C19H28FNO2. The predicted octanol–water partition coefficient (Wildman–Crippen LogP) is 4.30. The first-order valence-electron chi connectivity index (χ1n) is 8.83. The Labute approximate surface area is 138 Å². The molecule has 0 N–H and O–H groups in total. The van der Waals surface area contributed by atoms with Crippen LogP contribution < -0.4 is 0 Å². The lowest BCUT2D eigenvalue weighted by Gasteiger charge is -2.23. The number of hydrogen-bond donors (Lipinski definition) is 0. The van der Waals surface area contributed by atoms with Crippen LogP contribution in [-0.2, 0) is 16.1 Å². The van der Waals surface area contributed by atoms with E-state index in [0.29, 0.717) is 13.0 Å². The third kappa shape index (κ3) is 6.30. The van der Waals surface area contributed by atoms with Crippen molar-refractivity contribution in [3.8, 4) is 0 Å². The number of nitrogens with zero attached hydrogens (tertiary/aromatic N) is 1. The summed E-state index contributed by atoms with van der Waals surface area (Å²) in [5, 5.41) is 0. The monoisotopic (exact) mass is 321 g/mol. The average molecular weight is 321 g/mol. The quantitative estimate of drug-likeness (QED) is 0.635. The molecule has 3 nitrogen and oxygen atoms in total. The van der Waals surface area contributed by atoms with Crippen molar-refractivity contribution in [2.45, 2.75) is 64.5 Å². The van der Waals surface area contributed by atoms with Crippen molar-refractivity contribution < 1.29 is 13.9 Å². The molecule has 4 heteroatoms. The van der Waals surface area contributed by atoms with Crippen LogP contribution in [0.25, 0.3) is 0 Å². The molecule has 1 aliphatic rings. The van der Waals surface area contributed by atoms with E-state index >= 15 is 0 Å². The first kappa shape index (κ1) is 17.9. The Bertz CT molecular complexity index is 469. The maximum absolute atomic E-state index is 13.0. The van der Waals surface area contributed by atoms with Gasteiger partial charge in [-0.1, -0.05) is 31.9 Å². The maximum Gasteiger partial charge on any atom is 0.222 e. The number of halogens is 1. The van der Waals surface area contributed by atoms with Gasteiger partial charge in [-0.3, -0.25) is 4.79 Å². The lowest BCUT2D eigenvalue weighted by atomic mass is 10.1. The van der Waals surface area contributed by atoms with Crippen LogP contribution in [0.3, 0.4) is 0 Å². The van der Waals surface area contributed by atoms with E-state index in [-0.39, 0.29) is 17.8 Å². The van der Waals surface area contributed by atoms with Crippen molar-refractivity contribution in [2.24, 2.45) is 0 Å². The molecule has 1 amide bonds. The van der Waals surface area contributed by atoms with E-state index in [0.717, 1.165) is 57.2 Å². The molecule has 1 aliphatic heterocycles. The zero-order valence-electron chi connectivity index (χ0n) is 14.1. The average Bonchev–Trinajstić information content (AvgIpc) is 3.07. The summed E-state index contributed by atoms with van der Waals surface area (Å²) in [6.07, 6.45) is 7.05. The summed E-state index contributed by atoms with van der Waals surface area (Å²) >= 11 is 0. The molecule has 0 spiro atoms. The van der Waals surface area contributed by atoms with Gasteiger partial charge in [-0.15, -0.1) is 0 Å². The molecule has 1 fully saturated rings. The number of unbranched alkanes of at least 4 members (excludes halogenated alkanes) is 2. The highest BCUT2D eigenvalue weighted by Crippen LogP contribution is 2.18. The fraction of sp³-hybridized carbons (Fsp3) is 0.632. The van der Waals surface area contributed by atoms with Crippen LogP contribution in [0.4, 0.5) is 4.39 Å². The molecule has 0 saturated carbocycles. The number of hydrogen-bond acceptors (Lipinski definition) is 2. The van der Waals surface area contributed by atoms with Gasteiger partial charge in [0.05, 0.1) is 6.10 Å². The summed E-state index contributed by atoms with van der Waals surface area (Å²) in [6, 6.07) is 6.43. The zero-order valence-corrected chi connectivity index (χ0v) is 14.1. The van der Waals surface area contributed by atoms with Gasteiger partial charge in [-0.05, 0) is 43.4 Å². The second kappa shape index (κ2) is 9.66. The first-order chi connectivity index (χ1) is 11.2. The fourth-order valence-corrected chi connectivity index (χ4v) is 2.97. The second-order valence-corrected chi connectivity index (χ2v) is 6.32. The van der Waals surface area contributed by atoms with Crippen LogP contribution in [0.2, 0.25) is 0 Å². The van der Waals surface area contributed by atoms with E-state index in [1.165, 1.54) is 12.1 Å². The molecule has 1 aromatic rings. The van der Waals surface area contributed by atoms with Crippen LogP contribution in [0, 0.1) is 5.82 Å². The van der Waals surface area contributed by atoms with Gasteiger partial charge < -0.3 is 9.64 Å². The molecule has 0 bridgehead atoms. The Morgan fingerprint density at radius 3 is 2.74 bits per heavy atom.